The number of methoxy groups -OCH3 is 2. The molecular formula is C22H23FN4O3S. The standard InChI is InChI=1S/C22H23FN4O3S/c1-5-10-27-21(15-7-9-18(29-3)19(11-15)30-4)25-26-22(27)31-13-20(28)24-17-12-16(23)8-6-14(17)2/h5-9,11-12H,1,10,13H2,2-4H3,(H,24,28). The number of carbonyl (C=O) groups is 1. The fourth-order valence-corrected chi connectivity index (χ4v) is 3.67. The summed E-state index contributed by atoms with van der Waals surface area (Å²) in [6, 6.07) is 9.74. The number of nitrogens with one attached hydrogen (secondary N) is 1. The Kier molecular flexibility index (Phi) is 7.30. The number of halogens is 1. The van der Waals surface area contributed by atoms with Crippen molar-refractivity contribution < 1.29 is 18.7 Å². The Bertz CT molecular complexity index is 1100. The van der Waals surface area contributed by atoms with E-state index in [1.54, 1.807) is 39.4 Å². The van der Waals surface area contributed by atoms with E-state index >= 15 is 0 Å². The number of allylic oxidation sites excluding steroid dienone is 1. The Morgan fingerprint density at radius 2 is 1.97 bits per heavy atom. The number of amides is 1. The molecule has 2 aromatic carbocycles. The molecular weight excluding hydrogens is 419 g/mol. The maximum atomic E-state index is 13.4. The molecule has 0 aliphatic heterocycles. The van der Waals surface area contributed by atoms with E-state index in [1.165, 1.54) is 23.9 Å². The number of hydrogen-bond donors (Lipinski definition) is 1. The molecule has 0 saturated heterocycles. The first-order valence-electron chi connectivity index (χ1n) is 9.42. The minimum absolute atomic E-state index is 0.0944. The molecule has 162 valence electrons. The van der Waals surface area contributed by atoms with Crippen LogP contribution in [0.3, 0.4) is 0 Å². The molecule has 1 heterocycles. The third-order valence-corrected chi connectivity index (χ3v) is 5.44. The quantitative estimate of drug-likeness (QED) is 0.393. The summed E-state index contributed by atoms with van der Waals surface area (Å²) >= 11 is 1.24. The number of carbonyl (C=O) groups excluding carboxylic acids is 1. The Morgan fingerprint density at radius 1 is 1.19 bits per heavy atom. The molecule has 1 N–H and O–H groups in total. The first kappa shape index (κ1) is 22.4. The highest BCUT2D eigenvalue weighted by atomic mass is 32.2. The van der Waals surface area contributed by atoms with E-state index in [4.69, 9.17) is 9.47 Å². The smallest absolute Gasteiger partial charge is 0.234 e. The SMILES string of the molecule is C=CCn1c(SCC(=O)Nc2cc(F)ccc2C)nnc1-c1ccc(OC)c(OC)c1. The minimum atomic E-state index is -0.404. The van der Waals surface area contributed by atoms with E-state index < -0.39 is 5.82 Å². The average molecular weight is 443 g/mol. The summed E-state index contributed by atoms with van der Waals surface area (Å²) in [7, 11) is 3.14. The van der Waals surface area contributed by atoms with Crippen molar-refractivity contribution in [3.63, 3.8) is 0 Å². The van der Waals surface area contributed by atoms with Crippen LogP contribution in [0.25, 0.3) is 11.4 Å². The summed E-state index contributed by atoms with van der Waals surface area (Å²) in [5.41, 5.74) is 2.02. The highest BCUT2D eigenvalue weighted by Gasteiger charge is 2.17. The monoisotopic (exact) mass is 442 g/mol. The van der Waals surface area contributed by atoms with Gasteiger partial charge in [0.2, 0.25) is 5.91 Å². The number of anilines is 1. The molecule has 0 radical (unpaired) electrons. The lowest BCUT2D eigenvalue weighted by Gasteiger charge is -2.11. The van der Waals surface area contributed by atoms with Crippen LogP contribution in [0.4, 0.5) is 10.1 Å². The van der Waals surface area contributed by atoms with Crippen molar-refractivity contribution in [1.29, 1.82) is 0 Å². The summed E-state index contributed by atoms with van der Waals surface area (Å²) in [4.78, 5) is 12.4. The van der Waals surface area contributed by atoms with Gasteiger partial charge in [0.15, 0.2) is 22.5 Å². The second-order valence-electron chi connectivity index (χ2n) is 6.57. The predicted octanol–water partition coefficient (Wildman–Crippen LogP) is 4.33. The number of rotatable bonds is 9. The molecule has 3 aromatic rings. The van der Waals surface area contributed by atoms with Gasteiger partial charge >= 0.3 is 0 Å². The lowest BCUT2D eigenvalue weighted by atomic mass is 10.2. The van der Waals surface area contributed by atoms with Gasteiger partial charge in [0.05, 0.1) is 20.0 Å². The molecule has 0 atom stereocenters. The highest BCUT2D eigenvalue weighted by Crippen LogP contribution is 2.33. The average Bonchev–Trinajstić information content (AvgIpc) is 3.17. The van der Waals surface area contributed by atoms with Crippen LogP contribution in [0.5, 0.6) is 11.5 Å². The van der Waals surface area contributed by atoms with Crippen LogP contribution < -0.4 is 14.8 Å². The van der Waals surface area contributed by atoms with Gasteiger partial charge in [-0.2, -0.15) is 0 Å². The Morgan fingerprint density at radius 3 is 2.68 bits per heavy atom. The van der Waals surface area contributed by atoms with Gasteiger partial charge < -0.3 is 14.8 Å². The Balaban J connectivity index is 1.78. The summed E-state index contributed by atoms with van der Waals surface area (Å²) < 4.78 is 26.0. The third-order valence-electron chi connectivity index (χ3n) is 4.48. The molecule has 0 unspecified atom stereocenters. The third kappa shape index (κ3) is 5.24. The molecule has 31 heavy (non-hydrogen) atoms. The fourth-order valence-electron chi connectivity index (χ4n) is 2.92. The molecule has 0 aliphatic carbocycles. The van der Waals surface area contributed by atoms with Crippen LogP contribution in [-0.2, 0) is 11.3 Å². The van der Waals surface area contributed by atoms with Gasteiger partial charge in [-0.25, -0.2) is 4.39 Å². The van der Waals surface area contributed by atoms with E-state index in [2.05, 4.69) is 22.1 Å². The lowest BCUT2D eigenvalue weighted by Crippen LogP contribution is -2.15. The van der Waals surface area contributed by atoms with E-state index in [9.17, 15) is 9.18 Å². The van der Waals surface area contributed by atoms with Gasteiger partial charge in [0.1, 0.15) is 5.82 Å². The van der Waals surface area contributed by atoms with Crippen LogP contribution in [0.15, 0.2) is 54.2 Å². The molecule has 1 amide bonds. The summed E-state index contributed by atoms with van der Waals surface area (Å²) in [6.07, 6.45) is 1.73. The van der Waals surface area contributed by atoms with Crippen LogP contribution in [0.2, 0.25) is 0 Å². The van der Waals surface area contributed by atoms with Gasteiger partial charge in [0.25, 0.3) is 0 Å². The number of aromatic nitrogens is 3. The number of nitrogens with zero attached hydrogens (tertiary/aromatic N) is 3. The molecule has 1 aromatic heterocycles. The second-order valence-corrected chi connectivity index (χ2v) is 7.51. The molecule has 0 spiro atoms. The van der Waals surface area contributed by atoms with Crippen molar-refractivity contribution in [3.8, 4) is 22.9 Å². The molecule has 0 fully saturated rings. The van der Waals surface area contributed by atoms with E-state index in [1.807, 2.05) is 16.7 Å². The molecule has 0 bridgehead atoms. The highest BCUT2D eigenvalue weighted by molar-refractivity contribution is 7.99. The van der Waals surface area contributed by atoms with Gasteiger partial charge in [0, 0.05) is 17.8 Å². The summed E-state index contributed by atoms with van der Waals surface area (Å²) in [5.74, 6) is 1.23. The fraction of sp³-hybridized carbons (Fsp3) is 0.227. The summed E-state index contributed by atoms with van der Waals surface area (Å²) in [6.45, 7) is 6.06. The molecule has 7 nitrogen and oxygen atoms in total. The zero-order valence-corrected chi connectivity index (χ0v) is 18.3. The predicted molar refractivity (Wildman–Crippen MR) is 119 cm³/mol. The molecule has 0 saturated carbocycles. The van der Waals surface area contributed by atoms with Crippen molar-refractivity contribution in [1.82, 2.24) is 14.8 Å². The normalized spacial score (nSPS) is 10.6. The largest absolute Gasteiger partial charge is 0.493 e. The lowest BCUT2D eigenvalue weighted by molar-refractivity contribution is -0.113. The maximum Gasteiger partial charge on any atom is 0.234 e. The van der Waals surface area contributed by atoms with Crippen LogP contribution >= 0.6 is 11.8 Å². The summed E-state index contributed by atoms with van der Waals surface area (Å²) in [5, 5.41) is 11.8. The zero-order valence-electron chi connectivity index (χ0n) is 17.5. The van der Waals surface area contributed by atoms with Crippen molar-refractivity contribution in [3.05, 3.63) is 60.4 Å². The maximum absolute atomic E-state index is 13.4. The van der Waals surface area contributed by atoms with E-state index in [0.29, 0.717) is 34.7 Å². The number of ether oxygens (including phenoxy) is 2. The van der Waals surface area contributed by atoms with Crippen molar-refractivity contribution in [2.45, 2.75) is 18.6 Å². The molecule has 0 aliphatic rings. The van der Waals surface area contributed by atoms with Gasteiger partial charge in [-0.1, -0.05) is 23.9 Å². The van der Waals surface area contributed by atoms with E-state index in [-0.39, 0.29) is 11.7 Å². The number of thioether (sulfide) groups is 1. The van der Waals surface area contributed by atoms with Gasteiger partial charge in [-0.05, 0) is 42.8 Å². The minimum Gasteiger partial charge on any atom is -0.493 e. The van der Waals surface area contributed by atoms with Crippen molar-refractivity contribution in [2.24, 2.45) is 0 Å². The van der Waals surface area contributed by atoms with E-state index in [0.717, 1.165) is 11.1 Å². The van der Waals surface area contributed by atoms with Crippen molar-refractivity contribution in [2.75, 3.05) is 25.3 Å². The van der Waals surface area contributed by atoms with Crippen LogP contribution in [0, 0.1) is 12.7 Å². The number of benzene rings is 2. The van der Waals surface area contributed by atoms with Crippen LogP contribution in [0.1, 0.15) is 5.56 Å². The topological polar surface area (TPSA) is 78.3 Å². The van der Waals surface area contributed by atoms with Gasteiger partial charge in [-0.15, -0.1) is 16.8 Å². The first-order chi connectivity index (χ1) is 15.0. The Hall–Kier alpha value is -3.33. The molecule has 3 rings (SSSR count). The first-order valence-corrected chi connectivity index (χ1v) is 10.4. The number of hydrogen-bond acceptors (Lipinski definition) is 6. The van der Waals surface area contributed by atoms with Crippen LogP contribution in [-0.4, -0.2) is 40.6 Å². The zero-order chi connectivity index (χ0) is 22.4. The molecule has 9 heteroatoms. The van der Waals surface area contributed by atoms with Crippen molar-refractivity contribution >= 4 is 23.4 Å². The van der Waals surface area contributed by atoms with Gasteiger partial charge in [-0.3, -0.25) is 9.36 Å². The second kappa shape index (κ2) is 10.1. The Labute approximate surface area is 184 Å². The number of aryl methyl sites for hydroxylation is 1.